The highest BCUT2D eigenvalue weighted by Crippen LogP contribution is 2.22. The highest BCUT2D eigenvalue weighted by Gasteiger charge is 2.17. The van der Waals surface area contributed by atoms with Crippen LogP contribution < -0.4 is 14.8 Å². The minimum Gasteiger partial charge on any atom is -0.497 e. The van der Waals surface area contributed by atoms with E-state index in [0.29, 0.717) is 13.1 Å². The van der Waals surface area contributed by atoms with Gasteiger partial charge in [0.25, 0.3) is 0 Å². The van der Waals surface area contributed by atoms with Crippen molar-refractivity contribution in [1.82, 2.24) is 5.32 Å². The second-order valence-corrected chi connectivity index (χ2v) is 4.48. The second-order valence-electron chi connectivity index (χ2n) is 4.48. The number of nitrogens with one attached hydrogen (secondary N) is 1. The molecule has 3 N–H and O–H groups in total. The van der Waals surface area contributed by atoms with E-state index in [2.05, 4.69) is 5.32 Å². The predicted molar refractivity (Wildman–Crippen MR) is 69.0 cm³/mol. The first-order valence-corrected chi connectivity index (χ1v) is 5.76. The Morgan fingerprint density at radius 2 is 1.72 bits per heavy atom. The zero-order valence-electron chi connectivity index (χ0n) is 11.1. The molecule has 1 aromatic carbocycles. The summed E-state index contributed by atoms with van der Waals surface area (Å²) >= 11 is 0. The minimum atomic E-state index is -1.11. The number of rotatable bonds is 7. The number of aliphatic hydroxyl groups is 2. The van der Waals surface area contributed by atoms with Crippen molar-refractivity contribution in [1.29, 1.82) is 0 Å². The third-order valence-corrected chi connectivity index (χ3v) is 2.59. The number of hydrogen-bond acceptors (Lipinski definition) is 5. The summed E-state index contributed by atoms with van der Waals surface area (Å²) in [5.41, 5.74) is -0.122. The van der Waals surface area contributed by atoms with Crippen LogP contribution in [0.1, 0.15) is 12.5 Å². The molecule has 0 aliphatic carbocycles. The Labute approximate surface area is 107 Å². The Bertz CT molecular complexity index is 357. The first kappa shape index (κ1) is 14.8. The van der Waals surface area contributed by atoms with Crippen LogP contribution in [0.4, 0.5) is 0 Å². The van der Waals surface area contributed by atoms with Crippen LogP contribution >= 0.6 is 0 Å². The first-order chi connectivity index (χ1) is 8.50. The minimum absolute atomic E-state index is 0.276. The van der Waals surface area contributed by atoms with E-state index in [1.54, 1.807) is 27.2 Å². The smallest absolute Gasteiger partial charge is 0.122 e. The Morgan fingerprint density at radius 3 is 2.17 bits per heavy atom. The maximum Gasteiger partial charge on any atom is 0.122 e. The topological polar surface area (TPSA) is 71.0 Å². The molecule has 0 aromatic heterocycles. The molecule has 5 heteroatoms. The van der Waals surface area contributed by atoms with E-state index in [1.165, 1.54) is 0 Å². The zero-order chi connectivity index (χ0) is 13.6. The summed E-state index contributed by atoms with van der Waals surface area (Å²) in [6, 6.07) is 5.58. The summed E-state index contributed by atoms with van der Waals surface area (Å²) in [6.45, 7) is 2.17. The van der Waals surface area contributed by atoms with Crippen molar-refractivity contribution < 1.29 is 19.7 Å². The van der Waals surface area contributed by atoms with E-state index in [-0.39, 0.29) is 6.61 Å². The van der Waals surface area contributed by atoms with Crippen molar-refractivity contribution >= 4 is 0 Å². The van der Waals surface area contributed by atoms with Crippen LogP contribution in [0.25, 0.3) is 0 Å². The highest BCUT2D eigenvalue weighted by molar-refractivity contribution is 5.38. The van der Waals surface area contributed by atoms with E-state index in [1.807, 2.05) is 12.1 Å². The predicted octanol–water partition coefficient (Wildman–Crippen LogP) is 0.537. The lowest BCUT2D eigenvalue weighted by Gasteiger charge is -2.20. The Kier molecular flexibility index (Phi) is 5.40. The summed E-state index contributed by atoms with van der Waals surface area (Å²) < 4.78 is 10.3. The number of benzene rings is 1. The molecule has 0 amide bonds. The van der Waals surface area contributed by atoms with Crippen molar-refractivity contribution in [2.24, 2.45) is 0 Å². The van der Waals surface area contributed by atoms with Gasteiger partial charge in [0.1, 0.15) is 11.5 Å². The van der Waals surface area contributed by atoms with Gasteiger partial charge >= 0.3 is 0 Å². The second kappa shape index (κ2) is 6.58. The van der Waals surface area contributed by atoms with Gasteiger partial charge in [0.2, 0.25) is 0 Å². The molecule has 5 nitrogen and oxygen atoms in total. The van der Waals surface area contributed by atoms with Gasteiger partial charge in [-0.3, -0.25) is 0 Å². The van der Waals surface area contributed by atoms with Gasteiger partial charge < -0.3 is 25.0 Å². The Balaban J connectivity index is 2.61. The van der Waals surface area contributed by atoms with Gasteiger partial charge in [0, 0.05) is 19.2 Å². The third kappa shape index (κ3) is 4.52. The molecule has 0 heterocycles. The quantitative estimate of drug-likeness (QED) is 0.663. The summed E-state index contributed by atoms with van der Waals surface area (Å²) in [6.07, 6.45) is 0. The number of hydrogen-bond donors (Lipinski definition) is 3. The number of methoxy groups -OCH3 is 2. The molecular formula is C13H21NO4. The van der Waals surface area contributed by atoms with Crippen LogP contribution in [-0.2, 0) is 6.54 Å². The van der Waals surface area contributed by atoms with Gasteiger partial charge in [-0.1, -0.05) is 0 Å². The summed E-state index contributed by atoms with van der Waals surface area (Å²) in [7, 11) is 3.20. The Morgan fingerprint density at radius 1 is 1.17 bits per heavy atom. The van der Waals surface area contributed by atoms with Crippen molar-refractivity contribution in [3.05, 3.63) is 23.8 Å². The highest BCUT2D eigenvalue weighted by atomic mass is 16.5. The number of aliphatic hydroxyl groups excluding tert-OH is 1. The average Bonchev–Trinajstić information content (AvgIpc) is 2.38. The molecule has 0 radical (unpaired) electrons. The lowest BCUT2D eigenvalue weighted by Crippen LogP contribution is -2.40. The van der Waals surface area contributed by atoms with Crippen LogP contribution in [0.5, 0.6) is 11.5 Å². The molecule has 0 fully saturated rings. The van der Waals surface area contributed by atoms with Crippen LogP contribution in [0, 0.1) is 0 Å². The van der Waals surface area contributed by atoms with Gasteiger partial charge in [-0.05, 0) is 24.6 Å². The largest absolute Gasteiger partial charge is 0.497 e. The average molecular weight is 255 g/mol. The van der Waals surface area contributed by atoms with Crippen LogP contribution in [0.2, 0.25) is 0 Å². The van der Waals surface area contributed by atoms with Gasteiger partial charge in [0.15, 0.2) is 0 Å². The van der Waals surface area contributed by atoms with Gasteiger partial charge in [0.05, 0.1) is 26.4 Å². The standard InChI is InChI=1S/C13H21NO4/c1-13(16,9-15)8-14-7-10-4-11(17-2)6-12(5-10)18-3/h4-6,14-16H,7-9H2,1-3H3. The van der Waals surface area contributed by atoms with E-state index in [0.717, 1.165) is 17.1 Å². The van der Waals surface area contributed by atoms with E-state index in [4.69, 9.17) is 14.6 Å². The monoisotopic (exact) mass is 255 g/mol. The molecule has 1 aromatic rings. The fourth-order valence-electron chi connectivity index (χ4n) is 1.50. The molecule has 0 spiro atoms. The van der Waals surface area contributed by atoms with Crippen LogP contribution in [-0.4, -0.2) is 43.2 Å². The van der Waals surface area contributed by atoms with Crippen LogP contribution in [0.3, 0.4) is 0 Å². The van der Waals surface area contributed by atoms with Crippen molar-refractivity contribution in [2.75, 3.05) is 27.4 Å². The first-order valence-electron chi connectivity index (χ1n) is 5.76. The fraction of sp³-hybridized carbons (Fsp3) is 0.538. The summed E-state index contributed by atoms with van der Waals surface area (Å²) in [5.74, 6) is 1.44. The molecule has 0 saturated carbocycles. The Hall–Kier alpha value is -1.30. The zero-order valence-corrected chi connectivity index (χ0v) is 11.1. The van der Waals surface area contributed by atoms with Gasteiger partial charge in [-0.15, -0.1) is 0 Å². The van der Waals surface area contributed by atoms with Gasteiger partial charge in [-0.25, -0.2) is 0 Å². The molecule has 0 aliphatic rings. The van der Waals surface area contributed by atoms with Gasteiger partial charge in [-0.2, -0.15) is 0 Å². The molecule has 18 heavy (non-hydrogen) atoms. The molecule has 0 aliphatic heterocycles. The van der Waals surface area contributed by atoms with E-state index in [9.17, 15) is 5.11 Å². The summed E-state index contributed by atoms with van der Waals surface area (Å²) in [5, 5.41) is 21.6. The molecule has 1 atom stereocenters. The lowest BCUT2D eigenvalue weighted by molar-refractivity contribution is 0.00253. The molecule has 0 bridgehead atoms. The van der Waals surface area contributed by atoms with Crippen LogP contribution in [0.15, 0.2) is 18.2 Å². The molecule has 0 saturated heterocycles. The molecule has 1 unspecified atom stereocenters. The summed E-state index contributed by atoms with van der Waals surface area (Å²) in [4.78, 5) is 0. The normalized spacial score (nSPS) is 14.1. The molecular weight excluding hydrogens is 234 g/mol. The third-order valence-electron chi connectivity index (χ3n) is 2.59. The maximum atomic E-state index is 9.64. The van der Waals surface area contributed by atoms with Crippen molar-refractivity contribution in [3.8, 4) is 11.5 Å². The molecule has 1 rings (SSSR count). The van der Waals surface area contributed by atoms with E-state index >= 15 is 0 Å². The SMILES string of the molecule is COc1cc(CNCC(C)(O)CO)cc(OC)c1. The maximum absolute atomic E-state index is 9.64. The number of ether oxygens (including phenoxy) is 2. The fourth-order valence-corrected chi connectivity index (χ4v) is 1.50. The van der Waals surface area contributed by atoms with E-state index < -0.39 is 5.60 Å². The molecule has 102 valence electrons. The van der Waals surface area contributed by atoms with Crippen molar-refractivity contribution in [2.45, 2.75) is 19.1 Å². The van der Waals surface area contributed by atoms with Crippen molar-refractivity contribution in [3.63, 3.8) is 0 Å². The lowest BCUT2D eigenvalue weighted by atomic mass is 10.1.